The van der Waals surface area contributed by atoms with Crippen LogP contribution in [0.1, 0.15) is 0 Å². The summed E-state index contributed by atoms with van der Waals surface area (Å²) >= 11 is 16.5. The molecule has 19 heavy (non-hydrogen) atoms. The summed E-state index contributed by atoms with van der Waals surface area (Å²) in [6, 6.07) is 3.63. The first-order valence-corrected chi connectivity index (χ1v) is 5.94. The van der Waals surface area contributed by atoms with E-state index in [1.165, 1.54) is 12.1 Å². The van der Waals surface area contributed by atoms with E-state index in [4.69, 9.17) is 34.8 Å². The molecule has 0 spiro atoms. The van der Waals surface area contributed by atoms with E-state index >= 15 is 0 Å². The molecule has 100 valence electrons. The van der Waals surface area contributed by atoms with Gasteiger partial charge in [0.2, 0.25) is 0 Å². The van der Waals surface area contributed by atoms with Crippen molar-refractivity contribution in [1.29, 1.82) is 0 Å². The molecule has 0 aliphatic rings. The SMILES string of the molecule is Fc1c(F)c(-c2ccc(Cl)cc2Cl)c(F)c(F)c1Cl. The van der Waals surface area contributed by atoms with Crippen molar-refractivity contribution in [3.05, 3.63) is 56.5 Å². The van der Waals surface area contributed by atoms with Crippen LogP contribution in [-0.2, 0) is 0 Å². The summed E-state index contributed by atoms with van der Waals surface area (Å²) in [6.07, 6.45) is 0. The second kappa shape index (κ2) is 5.19. The Morgan fingerprint density at radius 1 is 0.737 bits per heavy atom. The molecule has 0 N–H and O–H groups in total. The number of halogens is 7. The summed E-state index contributed by atoms with van der Waals surface area (Å²) in [5.41, 5.74) is -1.16. The topological polar surface area (TPSA) is 0 Å². The third-order valence-corrected chi connectivity index (χ3v) is 3.29. The van der Waals surface area contributed by atoms with Crippen LogP contribution in [0, 0.1) is 23.3 Å². The smallest absolute Gasteiger partial charge is 0.181 e. The number of hydrogen-bond donors (Lipinski definition) is 0. The Morgan fingerprint density at radius 2 is 1.26 bits per heavy atom. The molecule has 0 bridgehead atoms. The highest BCUT2D eigenvalue weighted by atomic mass is 35.5. The maximum atomic E-state index is 13.7. The molecular weight excluding hydrogens is 326 g/mol. The lowest BCUT2D eigenvalue weighted by atomic mass is 10.0. The van der Waals surface area contributed by atoms with Crippen molar-refractivity contribution in [3.8, 4) is 11.1 Å². The van der Waals surface area contributed by atoms with E-state index in [-0.39, 0.29) is 15.6 Å². The molecule has 0 radical (unpaired) electrons. The second-order valence-electron chi connectivity index (χ2n) is 3.57. The van der Waals surface area contributed by atoms with Crippen molar-refractivity contribution in [3.63, 3.8) is 0 Å². The average Bonchev–Trinajstić information content (AvgIpc) is 2.37. The first-order chi connectivity index (χ1) is 8.84. The minimum absolute atomic E-state index is 0.147. The molecule has 0 aliphatic carbocycles. The lowest BCUT2D eigenvalue weighted by Crippen LogP contribution is -2.01. The average molecular weight is 330 g/mol. The summed E-state index contributed by atoms with van der Waals surface area (Å²) in [6.45, 7) is 0. The van der Waals surface area contributed by atoms with Crippen LogP contribution in [0.5, 0.6) is 0 Å². The fourth-order valence-electron chi connectivity index (χ4n) is 1.53. The Bertz CT molecular complexity index is 642. The Balaban J connectivity index is 2.83. The molecule has 0 saturated carbocycles. The third kappa shape index (κ3) is 2.40. The van der Waals surface area contributed by atoms with Gasteiger partial charge in [-0.25, -0.2) is 17.6 Å². The van der Waals surface area contributed by atoms with E-state index in [0.29, 0.717) is 0 Å². The molecule has 0 amide bonds. The van der Waals surface area contributed by atoms with Gasteiger partial charge in [0.1, 0.15) is 5.02 Å². The van der Waals surface area contributed by atoms with Gasteiger partial charge in [-0.05, 0) is 12.1 Å². The highest BCUT2D eigenvalue weighted by Gasteiger charge is 2.26. The van der Waals surface area contributed by atoms with Crippen LogP contribution in [0.25, 0.3) is 11.1 Å². The van der Waals surface area contributed by atoms with Crippen LogP contribution in [0.2, 0.25) is 15.1 Å². The summed E-state index contributed by atoms with van der Waals surface area (Å²) in [5, 5.41) is -1.18. The fourth-order valence-corrected chi connectivity index (χ4v) is 2.20. The van der Waals surface area contributed by atoms with Crippen LogP contribution in [0.3, 0.4) is 0 Å². The standard InChI is InChI=1S/C12H3Cl3F4/c13-4-1-2-5(6(14)3-4)7-9(16)11(18)8(15)12(19)10(7)17/h1-3H. The van der Waals surface area contributed by atoms with Crippen molar-refractivity contribution in [2.45, 2.75) is 0 Å². The zero-order valence-corrected chi connectivity index (χ0v) is 11.1. The molecule has 0 fully saturated rings. The van der Waals surface area contributed by atoms with E-state index < -0.39 is 33.9 Å². The summed E-state index contributed by atoms with van der Waals surface area (Å²) in [4.78, 5) is 0. The van der Waals surface area contributed by atoms with Gasteiger partial charge in [0.05, 0.1) is 10.6 Å². The Kier molecular flexibility index (Phi) is 3.95. The Labute approximate surface area is 120 Å². The van der Waals surface area contributed by atoms with Gasteiger partial charge in [-0.2, -0.15) is 0 Å². The zero-order chi connectivity index (χ0) is 14.3. The van der Waals surface area contributed by atoms with E-state index in [1.54, 1.807) is 0 Å². The van der Waals surface area contributed by atoms with Crippen LogP contribution >= 0.6 is 34.8 Å². The van der Waals surface area contributed by atoms with Crippen LogP contribution < -0.4 is 0 Å². The largest absolute Gasteiger partial charge is 0.203 e. The lowest BCUT2D eigenvalue weighted by molar-refractivity contribution is 0.459. The summed E-state index contributed by atoms with van der Waals surface area (Å²) in [7, 11) is 0. The maximum absolute atomic E-state index is 13.7. The van der Waals surface area contributed by atoms with E-state index in [9.17, 15) is 17.6 Å². The van der Waals surface area contributed by atoms with Gasteiger partial charge in [-0.3, -0.25) is 0 Å². The van der Waals surface area contributed by atoms with Gasteiger partial charge < -0.3 is 0 Å². The zero-order valence-electron chi connectivity index (χ0n) is 8.88. The van der Waals surface area contributed by atoms with Crippen molar-refractivity contribution in [2.24, 2.45) is 0 Å². The van der Waals surface area contributed by atoms with Crippen molar-refractivity contribution >= 4 is 34.8 Å². The van der Waals surface area contributed by atoms with E-state index in [2.05, 4.69) is 0 Å². The fraction of sp³-hybridized carbons (Fsp3) is 0. The maximum Gasteiger partial charge on any atom is 0.181 e. The molecule has 2 rings (SSSR count). The molecule has 0 heterocycles. The van der Waals surface area contributed by atoms with Gasteiger partial charge in [0.25, 0.3) is 0 Å². The molecule has 2 aromatic rings. The van der Waals surface area contributed by atoms with Crippen molar-refractivity contribution < 1.29 is 17.6 Å². The Morgan fingerprint density at radius 3 is 1.74 bits per heavy atom. The molecule has 7 heteroatoms. The first-order valence-electron chi connectivity index (χ1n) is 4.81. The van der Waals surface area contributed by atoms with Crippen LogP contribution in [0.15, 0.2) is 18.2 Å². The molecule has 0 nitrogen and oxygen atoms in total. The highest BCUT2D eigenvalue weighted by molar-refractivity contribution is 6.36. The molecule has 0 aliphatic heterocycles. The quantitative estimate of drug-likeness (QED) is 0.349. The van der Waals surface area contributed by atoms with Gasteiger partial charge in [-0.15, -0.1) is 0 Å². The van der Waals surface area contributed by atoms with Gasteiger partial charge >= 0.3 is 0 Å². The molecule has 2 aromatic carbocycles. The Hall–Kier alpha value is -0.970. The minimum atomic E-state index is -1.68. The second-order valence-corrected chi connectivity index (χ2v) is 4.79. The predicted octanol–water partition coefficient (Wildman–Crippen LogP) is 5.87. The summed E-state index contributed by atoms with van der Waals surface area (Å²) in [5.74, 6) is -6.59. The predicted molar refractivity (Wildman–Crippen MR) is 66.7 cm³/mol. The van der Waals surface area contributed by atoms with Crippen molar-refractivity contribution in [1.82, 2.24) is 0 Å². The summed E-state index contributed by atoms with van der Waals surface area (Å²) < 4.78 is 54.1. The van der Waals surface area contributed by atoms with Gasteiger partial charge in [0, 0.05) is 10.6 Å². The number of benzene rings is 2. The molecule has 0 aromatic heterocycles. The third-order valence-electron chi connectivity index (χ3n) is 2.41. The van der Waals surface area contributed by atoms with Gasteiger partial charge in [-0.1, -0.05) is 40.9 Å². The molecule has 0 saturated heterocycles. The molecular formula is C12H3Cl3F4. The van der Waals surface area contributed by atoms with Crippen molar-refractivity contribution in [2.75, 3.05) is 0 Å². The molecule has 0 atom stereocenters. The van der Waals surface area contributed by atoms with Gasteiger partial charge in [0.15, 0.2) is 23.3 Å². The van der Waals surface area contributed by atoms with Crippen LogP contribution in [-0.4, -0.2) is 0 Å². The van der Waals surface area contributed by atoms with E-state index in [0.717, 1.165) is 6.07 Å². The monoisotopic (exact) mass is 328 g/mol. The first kappa shape index (κ1) is 14.4. The normalized spacial score (nSPS) is 10.9. The number of hydrogen-bond acceptors (Lipinski definition) is 0. The number of rotatable bonds is 1. The minimum Gasteiger partial charge on any atom is -0.203 e. The highest BCUT2D eigenvalue weighted by Crippen LogP contribution is 2.38. The van der Waals surface area contributed by atoms with E-state index in [1.807, 2.05) is 0 Å². The van der Waals surface area contributed by atoms with Crippen LogP contribution in [0.4, 0.5) is 17.6 Å². The lowest BCUT2D eigenvalue weighted by Gasteiger charge is -2.10. The molecule has 0 unspecified atom stereocenters.